The van der Waals surface area contributed by atoms with E-state index in [9.17, 15) is 0 Å². The summed E-state index contributed by atoms with van der Waals surface area (Å²) in [6, 6.07) is 8.60. The van der Waals surface area contributed by atoms with Crippen LogP contribution in [-0.2, 0) is 6.42 Å². The summed E-state index contributed by atoms with van der Waals surface area (Å²) in [5.41, 5.74) is 7.25. The SMILES string of the molecule is CC(C)CCCC(CN)Cc1ccc(Br)cc1. The molecule has 0 aliphatic rings. The molecule has 1 rings (SSSR count). The third kappa shape index (κ3) is 6.23. The highest BCUT2D eigenvalue weighted by Crippen LogP contribution is 2.18. The lowest BCUT2D eigenvalue weighted by molar-refractivity contribution is 0.436. The lowest BCUT2D eigenvalue weighted by Gasteiger charge is -2.15. The Balaban J connectivity index is 2.38. The van der Waals surface area contributed by atoms with Crippen molar-refractivity contribution in [2.75, 3.05) is 6.54 Å². The van der Waals surface area contributed by atoms with Gasteiger partial charge in [-0.1, -0.05) is 54.8 Å². The molecule has 0 aromatic heterocycles. The highest BCUT2D eigenvalue weighted by Gasteiger charge is 2.08. The zero-order valence-corrected chi connectivity index (χ0v) is 12.5. The summed E-state index contributed by atoms with van der Waals surface area (Å²) in [6.07, 6.45) is 4.99. The van der Waals surface area contributed by atoms with Gasteiger partial charge in [0.05, 0.1) is 0 Å². The molecule has 0 fully saturated rings. The van der Waals surface area contributed by atoms with Gasteiger partial charge in [0.1, 0.15) is 0 Å². The van der Waals surface area contributed by atoms with E-state index in [1.807, 2.05) is 0 Å². The van der Waals surface area contributed by atoms with E-state index in [-0.39, 0.29) is 0 Å². The van der Waals surface area contributed by atoms with Crippen molar-refractivity contribution < 1.29 is 0 Å². The van der Waals surface area contributed by atoms with Gasteiger partial charge in [-0.2, -0.15) is 0 Å². The molecule has 0 amide bonds. The molecular formula is C15H24BrN. The maximum absolute atomic E-state index is 5.86. The van der Waals surface area contributed by atoms with Crippen LogP contribution in [0.3, 0.4) is 0 Å². The zero-order chi connectivity index (χ0) is 12.7. The molecule has 0 aliphatic carbocycles. The number of nitrogens with two attached hydrogens (primary N) is 1. The monoisotopic (exact) mass is 297 g/mol. The fourth-order valence-corrected chi connectivity index (χ4v) is 2.34. The highest BCUT2D eigenvalue weighted by atomic mass is 79.9. The largest absolute Gasteiger partial charge is 0.330 e. The van der Waals surface area contributed by atoms with Crippen LogP contribution in [0.15, 0.2) is 28.7 Å². The van der Waals surface area contributed by atoms with Gasteiger partial charge in [0.2, 0.25) is 0 Å². The summed E-state index contributed by atoms with van der Waals surface area (Å²) in [5, 5.41) is 0. The topological polar surface area (TPSA) is 26.0 Å². The molecule has 2 N–H and O–H groups in total. The van der Waals surface area contributed by atoms with Crippen molar-refractivity contribution in [3.05, 3.63) is 34.3 Å². The minimum absolute atomic E-state index is 0.634. The number of benzene rings is 1. The van der Waals surface area contributed by atoms with Crippen LogP contribution >= 0.6 is 15.9 Å². The van der Waals surface area contributed by atoms with Gasteiger partial charge >= 0.3 is 0 Å². The van der Waals surface area contributed by atoms with Gasteiger partial charge < -0.3 is 5.73 Å². The third-order valence-electron chi connectivity index (χ3n) is 3.16. The molecule has 0 bridgehead atoms. The Kier molecular flexibility index (Phi) is 6.83. The highest BCUT2D eigenvalue weighted by molar-refractivity contribution is 9.10. The van der Waals surface area contributed by atoms with Crippen LogP contribution in [0.25, 0.3) is 0 Å². The molecule has 1 aromatic carbocycles. The molecule has 1 unspecified atom stereocenters. The van der Waals surface area contributed by atoms with Crippen molar-refractivity contribution in [1.29, 1.82) is 0 Å². The van der Waals surface area contributed by atoms with Gasteiger partial charge in [0.15, 0.2) is 0 Å². The van der Waals surface area contributed by atoms with Crippen molar-refractivity contribution in [3.63, 3.8) is 0 Å². The smallest absolute Gasteiger partial charge is 0.0175 e. The van der Waals surface area contributed by atoms with E-state index in [1.165, 1.54) is 24.8 Å². The van der Waals surface area contributed by atoms with Gasteiger partial charge in [-0.15, -0.1) is 0 Å². The first kappa shape index (κ1) is 14.7. The predicted octanol–water partition coefficient (Wildman–Crippen LogP) is 4.39. The van der Waals surface area contributed by atoms with E-state index in [2.05, 4.69) is 54.0 Å². The molecule has 1 nitrogen and oxygen atoms in total. The van der Waals surface area contributed by atoms with Crippen molar-refractivity contribution in [3.8, 4) is 0 Å². The fraction of sp³-hybridized carbons (Fsp3) is 0.600. The van der Waals surface area contributed by atoms with Gasteiger partial charge in [-0.25, -0.2) is 0 Å². The first-order chi connectivity index (χ1) is 8.11. The Morgan fingerprint density at radius 3 is 2.29 bits per heavy atom. The molecular weight excluding hydrogens is 274 g/mol. The van der Waals surface area contributed by atoms with Crippen molar-refractivity contribution in [2.45, 2.75) is 39.5 Å². The lowest BCUT2D eigenvalue weighted by Crippen LogP contribution is -2.17. The van der Waals surface area contributed by atoms with Gasteiger partial charge in [-0.05, 0) is 48.9 Å². The molecule has 1 atom stereocenters. The molecule has 0 saturated carbocycles. The number of halogens is 1. The van der Waals surface area contributed by atoms with Gasteiger partial charge in [0.25, 0.3) is 0 Å². The molecule has 17 heavy (non-hydrogen) atoms. The number of rotatable bonds is 7. The van der Waals surface area contributed by atoms with Crippen LogP contribution < -0.4 is 5.73 Å². The summed E-state index contributed by atoms with van der Waals surface area (Å²) in [7, 11) is 0. The fourth-order valence-electron chi connectivity index (χ4n) is 2.07. The molecule has 96 valence electrons. The van der Waals surface area contributed by atoms with E-state index in [0.717, 1.165) is 23.4 Å². The average molecular weight is 298 g/mol. The van der Waals surface area contributed by atoms with E-state index < -0.39 is 0 Å². The summed E-state index contributed by atoms with van der Waals surface area (Å²) in [5.74, 6) is 1.44. The van der Waals surface area contributed by atoms with E-state index in [4.69, 9.17) is 5.73 Å². The minimum atomic E-state index is 0.634. The van der Waals surface area contributed by atoms with Crippen LogP contribution in [0.5, 0.6) is 0 Å². The Labute approximate surface area is 114 Å². The quantitative estimate of drug-likeness (QED) is 0.793. The Morgan fingerprint density at radius 1 is 1.12 bits per heavy atom. The molecule has 2 heteroatoms. The standard InChI is InChI=1S/C15H24BrN/c1-12(2)4-3-5-14(11-17)10-13-6-8-15(16)9-7-13/h6-9,12,14H,3-5,10-11,17H2,1-2H3. The van der Waals surface area contributed by atoms with Crippen LogP contribution in [0.1, 0.15) is 38.7 Å². The van der Waals surface area contributed by atoms with E-state index in [0.29, 0.717) is 5.92 Å². The normalized spacial score (nSPS) is 13.0. The second-order valence-corrected chi connectivity index (χ2v) is 6.17. The maximum atomic E-state index is 5.86. The Bertz CT molecular complexity index is 305. The second kappa shape index (κ2) is 7.88. The van der Waals surface area contributed by atoms with Crippen LogP contribution in [0.2, 0.25) is 0 Å². The summed E-state index contributed by atoms with van der Waals surface area (Å²) < 4.78 is 1.14. The Morgan fingerprint density at radius 2 is 1.76 bits per heavy atom. The molecule has 1 aromatic rings. The maximum Gasteiger partial charge on any atom is 0.0175 e. The van der Waals surface area contributed by atoms with Crippen molar-refractivity contribution in [2.24, 2.45) is 17.6 Å². The van der Waals surface area contributed by atoms with E-state index >= 15 is 0 Å². The summed E-state index contributed by atoms with van der Waals surface area (Å²) in [4.78, 5) is 0. The van der Waals surface area contributed by atoms with E-state index in [1.54, 1.807) is 0 Å². The first-order valence-corrected chi connectivity index (χ1v) is 7.35. The molecule has 0 radical (unpaired) electrons. The van der Waals surface area contributed by atoms with Crippen LogP contribution in [-0.4, -0.2) is 6.54 Å². The van der Waals surface area contributed by atoms with Crippen LogP contribution in [0.4, 0.5) is 0 Å². The first-order valence-electron chi connectivity index (χ1n) is 6.56. The zero-order valence-electron chi connectivity index (χ0n) is 11.0. The number of hydrogen-bond acceptors (Lipinski definition) is 1. The van der Waals surface area contributed by atoms with Crippen molar-refractivity contribution >= 4 is 15.9 Å². The Hall–Kier alpha value is -0.340. The lowest BCUT2D eigenvalue weighted by atomic mass is 9.92. The molecule has 0 saturated heterocycles. The summed E-state index contributed by atoms with van der Waals surface area (Å²) >= 11 is 3.46. The molecule has 0 heterocycles. The van der Waals surface area contributed by atoms with Crippen LogP contribution in [0, 0.1) is 11.8 Å². The molecule has 0 aliphatic heterocycles. The average Bonchev–Trinajstić information content (AvgIpc) is 2.30. The van der Waals surface area contributed by atoms with Gasteiger partial charge in [-0.3, -0.25) is 0 Å². The predicted molar refractivity (Wildman–Crippen MR) is 79.1 cm³/mol. The van der Waals surface area contributed by atoms with Gasteiger partial charge in [0, 0.05) is 4.47 Å². The molecule has 0 spiro atoms. The third-order valence-corrected chi connectivity index (χ3v) is 3.69. The van der Waals surface area contributed by atoms with Crippen molar-refractivity contribution in [1.82, 2.24) is 0 Å². The second-order valence-electron chi connectivity index (χ2n) is 5.26. The number of hydrogen-bond donors (Lipinski definition) is 1. The minimum Gasteiger partial charge on any atom is -0.330 e. The summed E-state index contributed by atoms with van der Waals surface area (Å²) in [6.45, 7) is 5.37.